The molecule has 0 heterocycles. The van der Waals surface area contributed by atoms with E-state index in [0.717, 1.165) is 0 Å². The van der Waals surface area contributed by atoms with Gasteiger partial charge in [-0.15, -0.1) is 0 Å². The molecule has 1 atom stereocenters. The van der Waals surface area contributed by atoms with Crippen LogP contribution in [0.15, 0.2) is 5.11 Å². The van der Waals surface area contributed by atoms with E-state index in [1.165, 1.54) is 0 Å². The van der Waals surface area contributed by atoms with Gasteiger partial charge in [-0.05, 0) is 6.42 Å². The molecule has 5 heteroatoms. The highest BCUT2D eigenvalue weighted by Crippen LogP contribution is 1.91. The van der Waals surface area contributed by atoms with Crippen molar-refractivity contribution in [2.24, 2.45) is 5.11 Å². The second kappa shape index (κ2) is 3.74. The molecule has 0 aromatic carbocycles. The minimum Gasteiger partial charge on any atom is -0.548 e. The van der Waals surface area contributed by atoms with E-state index in [1.807, 2.05) is 0 Å². The van der Waals surface area contributed by atoms with Gasteiger partial charge in [-0.3, -0.25) is 0 Å². The van der Waals surface area contributed by atoms with Gasteiger partial charge in [0.1, 0.15) is 10.6 Å². The third-order valence-electron chi connectivity index (χ3n) is 0.856. The summed E-state index contributed by atoms with van der Waals surface area (Å²) < 4.78 is 0. The lowest BCUT2D eigenvalue weighted by atomic mass is 10.2. The number of carboxylic acids is 1. The van der Waals surface area contributed by atoms with E-state index in [-0.39, 0.29) is 0 Å². The Morgan fingerprint density at radius 2 is 2.56 bits per heavy atom. The summed E-state index contributed by atoms with van der Waals surface area (Å²) in [6, 6.07) is -0.956. The molecule has 0 saturated carbocycles. The second-order valence-corrected chi connectivity index (χ2v) is 1.46. The molecule has 0 aliphatic carbocycles. The highest BCUT2D eigenvalue weighted by molar-refractivity contribution is 5.70. The van der Waals surface area contributed by atoms with Crippen molar-refractivity contribution in [1.82, 2.24) is 4.91 Å². The smallest absolute Gasteiger partial charge is 0.214 e. The first kappa shape index (κ1) is 7.78. The van der Waals surface area contributed by atoms with Crippen LogP contribution in [0.1, 0.15) is 13.3 Å². The number of hydrogen-bond acceptors (Lipinski definition) is 4. The van der Waals surface area contributed by atoms with Crippen LogP contribution in [0.4, 0.5) is 0 Å². The quantitative estimate of drug-likeness (QED) is 0.393. The molecule has 0 saturated heterocycles. The Labute approximate surface area is 51.9 Å². The van der Waals surface area contributed by atoms with Crippen molar-refractivity contribution in [1.29, 1.82) is 5.53 Å². The van der Waals surface area contributed by atoms with Gasteiger partial charge in [-0.25, -0.2) is 0 Å². The summed E-state index contributed by atoms with van der Waals surface area (Å²) in [5, 5.41) is 13.0. The van der Waals surface area contributed by atoms with Gasteiger partial charge in [0.05, 0.1) is 5.97 Å². The normalized spacial score (nSPS) is 11.7. The molecule has 1 unspecified atom stereocenters. The van der Waals surface area contributed by atoms with Crippen LogP contribution in [0.5, 0.6) is 0 Å². The highest BCUT2D eigenvalue weighted by Gasteiger charge is 2.09. The fourth-order valence-corrected chi connectivity index (χ4v) is 0.365. The van der Waals surface area contributed by atoms with Gasteiger partial charge in [-0.2, -0.15) is 0 Å². The van der Waals surface area contributed by atoms with E-state index in [2.05, 4.69) is 10.0 Å². The zero-order valence-corrected chi connectivity index (χ0v) is 5.00. The topological polar surface area (TPSA) is 90.4 Å². The standard InChI is InChI=1S/C4H7N3O2/c1-2-3(4(8)9)6-7-5/h3,5H,2H2,1H3. The number of carbonyl (C=O) groups excluding carboxylic acids is 1. The van der Waals surface area contributed by atoms with E-state index in [9.17, 15) is 9.90 Å². The van der Waals surface area contributed by atoms with Gasteiger partial charge in [0.25, 0.3) is 0 Å². The molecule has 0 aromatic rings. The lowest BCUT2D eigenvalue weighted by Gasteiger charge is -2.00. The number of rotatable bonds is 3. The molecule has 0 aliphatic rings. The molecular formula is C4H7N3O2. The van der Waals surface area contributed by atoms with Crippen molar-refractivity contribution in [3.05, 3.63) is 0 Å². The van der Waals surface area contributed by atoms with Crippen molar-refractivity contribution < 1.29 is 9.90 Å². The maximum atomic E-state index is 9.97. The SMILES string of the molecule is CCC(N=[N+]=N)C(=O)[O-]. The van der Waals surface area contributed by atoms with E-state index in [4.69, 9.17) is 5.53 Å². The number of hydrogen-bond donors (Lipinski definition) is 1. The largest absolute Gasteiger partial charge is 0.548 e. The molecule has 0 aliphatic heterocycles. The molecule has 9 heavy (non-hydrogen) atoms. The Kier molecular flexibility index (Phi) is 3.23. The fourth-order valence-electron chi connectivity index (χ4n) is 0.365. The molecule has 0 rings (SSSR count). The Morgan fingerprint density at radius 3 is 2.67 bits per heavy atom. The summed E-state index contributed by atoms with van der Waals surface area (Å²) in [5.41, 5.74) is 6.20. The lowest BCUT2D eigenvalue weighted by molar-refractivity contribution is -0.307. The van der Waals surface area contributed by atoms with Crippen molar-refractivity contribution in [2.75, 3.05) is 0 Å². The monoisotopic (exact) mass is 129 g/mol. The minimum atomic E-state index is -1.28. The van der Waals surface area contributed by atoms with Gasteiger partial charge in [0.2, 0.25) is 4.91 Å². The summed E-state index contributed by atoms with van der Waals surface area (Å²) in [5.74, 6) is -1.28. The molecule has 0 fully saturated rings. The van der Waals surface area contributed by atoms with E-state index in [0.29, 0.717) is 6.42 Å². The van der Waals surface area contributed by atoms with Crippen molar-refractivity contribution in [2.45, 2.75) is 19.4 Å². The summed E-state index contributed by atoms with van der Waals surface area (Å²) in [7, 11) is 0. The van der Waals surface area contributed by atoms with Crippen LogP contribution >= 0.6 is 0 Å². The van der Waals surface area contributed by atoms with Gasteiger partial charge in [-0.1, -0.05) is 6.92 Å². The average Bonchev–Trinajstić information content (AvgIpc) is 1.82. The molecule has 50 valence electrons. The lowest BCUT2D eigenvalue weighted by Crippen LogP contribution is -2.33. The predicted molar refractivity (Wildman–Crippen MR) is 26.4 cm³/mol. The van der Waals surface area contributed by atoms with Crippen LogP contribution < -0.4 is 10.0 Å². The molecule has 0 bridgehead atoms. The molecule has 1 N–H and O–H groups in total. The zero-order chi connectivity index (χ0) is 7.28. The number of nitrogens with zero attached hydrogens (tertiary/aromatic N) is 2. The third-order valence-corrected chi connectivity index (χ3v) is 0.856. The Hall–Kier alpha value is -1.22. The predicted octanol–water partition coefficient (Wildman–Crippen LogP) is -0.935. The van der Waals surface area contributed by atoms with Crippen LogP contribution in [0.3, 0.4) is 0 Å². The molecule has 0 spiro atoms. The average molecular weight is 129 g/mol. The minimum absolute atomic E-state index is 0.310. The zero-order valence-electron chi connectivity index (χ0n) is 5.00. The van der Waals surface area contributed by atoms with Crippen molar-refractivity contribution in [3.63, 3.8) is 0 Å². The molecule has 0 amide bonds. The highest BCUT2D eigenvalue weighted by atomic mass is 16.4. The number of aliphatic carboxylic acids is 1. The van der Waals surface area contributed by atoms with Crippen LogP contribution in [-0.4, -0.2) is 12.0 Å². The van der Waals surface area contributed by atoms with E-state index < -0.39 is 12.0 Å². The van der Waals surface area contributed by atoms with Crippen molar-refractivity contribution >= 4 is 5.97 Å². The fraction of sp³-hybridized carbons (Fsp3) is 0.750. The van der Waals surface area contributed by atoms with E-state index >= 15 is 0 Å². The van der Waals surface area contributed by atoms with Gasteiger partial charge in [0, 0.05) is 0 Å². The summed E-state index contributed by atoms with van der Waals surface area (Å²) in [6.07, 6.45) is 0.310. The van der Waals surface area contributed by atoms with Crippen LogP contribution in [0, 0.1) is 5.53 Å². The first-order valence-electron chi connectivity index (χ1n) is 2.49. The van der Waals surface area contributed by atoms with E-state index in [1.54, 1.807) is 6.92 Å². The van der Waals surface area contributed by atoms with Gasteiger partial charge in [0.15, 0.2) is 6.04 Å². The summed E-state index contributed by atoms with van der Waals surface area (Å²) in [4.78, 5) is 12.6. The number of nitrogens with one attached hydrogen (secondary N) is 1. The molecule has 0 aromatic heterocycles. The maximum Gasteiger partial charge on any atom is 0.214 e. The molecule has 0 radical (unpaired) electrons. The first-order valence-corrected chi connectivity index (χ1v) is 2.49. The van der Waals surface area contributed by atoms with Gasteiger partial charge >= 0.3 is 0 Å². The third kappa shape index (κ3) is 2.56. The second-order valence-electron chi connectivity index (χ2n) is 1.46. The van der Waals surface area contributed by atoms with Crippen LogP contribution in [0.25, 0.3) is 0 Å². The van der Waals surface area contributed by atoms with Crippen LogP contribution in [0.2, 0.25) is 0 Å². The van der Waals surface area contributed by atoms with Crippen molar-refractivity contribution in [3.8, 4) is 0 Å². The molecule has 5 nitrogen and oxygen atoms in total. The number of carboxylic acid groups (broad SMARTS) is 1. The Bertz CT molecular complexity index is 148. The Morgan fingerprint density at radius 1 is 2.00 bits per heavy atom. The summed E-state index contributed by atoms with van der Waals surface area (Å²) >= 11 is 0. The van der Waals surface area contributed by atoms with Crippen LogP contribution in [-0.2, 0) is 4.79 Å². The maximum absolute atomic E-state index is 9.97. The first-order chi connectivity index (χ1) is 4.22. The summed E-state index contributed by atoms with van der Waals surface area (Å²) in [6.45, 7) is 1.63. The Balaban J connectivity index is 3.98. The molecular weight excluding hydrogens is 122 g/mol. The number of carbonyl (C=O) groups is 1. The van der Waals surface area contributed by atoms with Gasteiger partial charge < -0.3 is 9.90 Å².